The van der Waals surface area contributed by atoms with Crippen molar-refractivity contribution in [2.45, 2.75) is 32.6 Å². The number of benzene rings is 3. The summed E-state index contributed by atoms with van der Waals surface area (Å²) in [6, 6.07) is 19.1. The fourth-order valence-electron chi connectivity index (χ4n) is 3.26. The van der Waals surface area contributed by atoms with Crippen molar-refractivity contribution in [3.63, 3.8) is 0 Å². The molecule has 0 saturated carbocycles. The van der Waals surface area contributed by atoms with E-state index in [0.717, 1.165) is 16.7 Å². The van der Waals surface area contributed by atoms with E-state index in [0.29, 0.717) is 23.7 Å². The summed E-state index contributed by atoms with van der Waals surface area (Å²) in [4.78, 5) is 13.0. The second-order valence-corrected chi connectivity index (χ2v) is 9.48. The van der Waals surface area contributed by atoms with E-state index in [2.05, 4.69) is 5.32 Å². The monoisotopic (exact) mass is 452 g/mol. The highest BCUT2D eigenvalue weighted by Gasteiger charge is 2.28. The van der Waals surface area contributed by atoms with Crippen molar-refractivity contribution in [1.29, 1.82) is 0 Å². The van der Waals surface area contributed by atoms with Gasteiger partial charge in [0.1, 0.15) is 12.3 Å². The van der Waals surface area contributed by atoms with Gasteiger partial charge < -0.3 is 10.1 Å². The Bertz CT molecular complexity index is 1190. The van der Waals surface area contributed by atoms with Crippen LogP contribution in [0.3, 0.4) is 0 Å². The van der Waals surface area contributed by atoms with Crippen LogP contribution < -0.4 is 14.4 Å². The second-order valence-electron chi connectivity index (χ2n) is 7.62. The number of carbonyl (C=O) groups excluding carboxylic acids is 1. The molecular formula is C25H28N2O4S. The standard InChI is InChI=1S/C25H28N2O4S/c1-5-31-22-12-10-21(11-13-22)26-25(28)17-27(24-16-19(3)6-9-20(24)4)32(29,30)23-14-7-18(2)8-15-23/h6-16H,5,17H2,1-4H3,(H,26,28). The van der Waals surface area contributed by atoms with Crippen LogP contribution in [0.1, 0.15) is 23.6 Å². The SMILES string of the molecule is CCOc1ccc(NC(=O)CN(c2cc(C)ccc2C)S(=O)(=O)c2ccc(C)cc2)cc1. The number of hydrogen-bond acceptors (Lipinski definition) is 4. The number of rotatable bonds is 8. The van der Waals surface area contributed by atoms with Crippen LogP contribution >= 0.6 is 0 Å². The molecule has 0 unspecified atom stereocenters. The predicted octanol–water partition coefficient (Wildman–Crippen LogP) is 4.84. The number of aryl methyl sites for hydroxylation is 3. The molecule has 0 aliphatic heterocycles. The molecule has 0 atom stereocenters. The highest BCUT2D eigenvalue weighted by Crippen LogP contribution is 2.28. The van der Waals surface area contributed by atoms with E-state index >= 15 is 0 Å². The van der Waals surface area contributed by atoms with Gasteiger partial charge in [-0.05, 0) is 81.3 Å². The first-order valence-corrected chi connectivity index (χ1v) is 11.8. The fraction of sp³-hybridized carbons (Fsp3) is 0.240. The molecule has 0 saturated heterocycles. The summed E-state index contributed by atoms with van der Waals surface area (Å²) in [6.07, 6.45) is 0. The number of ether oxygens (including phenoxy) is 1. The average Bonchev–Trinajstić information content (AvgIpc) is 2.76. The number of sulfonamides is 1. The molecule has 1 amide bonds. The first-order valence-electron chi connectivity index (χ1n) is 10.4. The van der Waals surface area contributed by atoms with E-state index in [-0.39, 0.29) is 11.4 Å². The highest BCUT2D eigenvalue weighted by molar-refractivity contribution is 7.92. The molecule has 3 rings (SSSR count). The molecule has 3 aromatic carbocycles. The van der Waals surface area contributed by atoms with E-state index in [4.69, 9.17) is 4.74 Å². The van der Waals surface area contributed by atoms with Crippen molar-refractivity contribution in [1.82, 2.24) is 0 Å². The summed E-state index contributed by atoms with van der Waals surface area (Å²) >= 11 is 0. The number of anilines is 2. The van der Waals surface area contributed by atoms with Crippen molar-refractivity contribution in [2.24, 2.45) is 0 Å². The van der Waals surface area contributed by atoms with Gasteiger partial charge in [-0.3, -0.25) is 9.10 Å². The number of carbonyl (C=O) groups is 1. The van der Waals surface area contributed by atoms with E-state index in [1.165, 1.54) is 4.31 Å². The zero-order chi connectivity index (χ0) is 23.3. The Labute approximate surface area is 189 Å². The predicted molar refractivity (Wildman–Crippen MR) is 128 cm³/mol. The summed E-state index contributed by atoms with van der Waals surface area (Å²) in [7, 11) is -3.96. The van der Waals surface area contributed by atoms with Gasteiger partial charge in [-0.1, -0.05) is 29.8 Å². The van der Waals surface area contributed by atoms with E-state index in [9.17, 15) is 13.2 Å². The third-order valence-electron chi connectivity index (χ3n) is 4.98. The molecule has 0 spiro atoms. The minimum absolute atomic E-state index is 0.137. The number of nitrogens with zero attached hydrogens (tertiary/aromatic N) is 1. The van der Waals surface area contributed by atoms with Crippen molar-refractivity contribution >= 4 is 27.3 Å². The molecule has 0 fully saturated rings. The van der Waals surface area contributed by atoms with Gasteiger partial charge in [-0.25, -0.2) is 8.42 Å². The lowest BCUT2D eigenvalue weighted by Gasteiger charge is -2.26. The van der Waals surface area contributed by atoms with Crippen LogP contribution in [0, 0.1) is 20.8 Å². The van der Waals surface area contributed by atoms with Gasteiger partial charge >= 0.3 is 0 Å². The highest BCUT2D eigenvalue weighted by atomic mass is 32.2. The van der Waals surface area contributed by atoms with E-state index in [1.54, 1.807) is 54.6 Å². The lowest BCUT2D eigenvalue weighted by atomic mass is 10.1. The zero-order valence-corrected chi connectivity index (χ0v) is 19.6. The molecule has 1 N–H and O–H groups in total. The quantitative estimate of drug-likeness (QED) is 0.530. The Hall–Kier alpha value is -3.32. The molecule has 0 aromatic heterocycles. The third kappa shape index (κ3) is 5.48. The molecular weight excluding hydrogens is 424 g/mol. The van der Waals surface area contributed by atoms with Crippen molar-refractivity contribution < 1.29 is 17.9 Å². The minimum Gasteiger partial charge on any atom is -0.494 e. The average molecular weight is 453 g/mol. The van der Waals surface area contributed by atoms with Gasteiger partial charge in [0.25, 0.3) is 10.0 Å². The molecule has 0 aliphatic rings. The molecule has 6 nitrogen and oxygen atoms in total. The van der Waals surface area contributed by atoms with Crippen molar-refractivity contribution in [2.75, 3.05) is 22.8 Å². The molecule has 0 aliphatic carbocycles. The minimum atomic E-state index is -3.96. The summed E-state index contributed by atoms with van der Waals surface area (Å²) < 4.78 is 33.7. The second kappa shape index (κ2) is 9.87. The first-order chi connectivity index (χ1) is 15.2. The van der Waals surface area contributed by atoms with Gasteiger partial charge in [0, 0.05) is 5.69 Å². The number of hydrogen-bond donors (Lipinski definition) is 1. The Morgan fingerprint density at radius 3 is 2.16 bits per heavy atom. The first kappa shape index (κ1) is 23.3. The van der Waals surface area contributed by atoms with Gasteiger partial charge in [-0.15, -0.1) is 0 Å². The number of amides is 1. The lowest BCUT2D eigenvalue weighted by molar-refractivity contribution is -0.114. The van der Waals surface area contributed by atoms with Crippen molar-refractivity contribution in [3.05, 3.63) is 83.4 Å². The van der Waals surface area contributed by atoms with Gasteiger partial charge in [0.05, 0.1) is 17.2 Å². The normalized spacial score (nSPS) is 11.1. The Morgan fingerprint density at radius 1 is 0.906 bits per heavy atom. The van der Waals surface area contributed by atoms with Gasteiger partial charge in [0.15, 0.2) is 0 Å². The molecule has 0 heterocycles. The van der Waals surface area contributed by atoms with Crippen LogP contribution in [0.2, 0.25) is 0 Å². The maximum atomic E-state index is 13.5. The van der Waals surface area contributed by atoms with Crippen LogP contribution in [0.4, 0.5) is 11.4 Å². The maximum absolute atomic E-state index is 13.5. The summed E-state index contributed by atoms with van der Waals surface area (Å²) in [6.45, 7) is 7.70. The number of nitrogens with one attached hydrogen (secondary N) is 1. The fourth-order valence-corrected chi connectivity index (χ4v) is 4.73. The maximum Gasteiger partial charge on any atom is 0.264 e. The molecule has 0 radical (unpaired) electrons. The Balaban J connectivity index is 1.93. The van der Waals surface area contributed by atoms with E-state index < -0.39 is 15.9 Å². The summed E-state index contributed by atoms with van der Waals surface area (Å²) in [5, 5.41) is 2.78. The Kier molecular flexibility index (Phi) is 7.20. The van der Waals surface area contributed by atoms with Crippen LogP contribution in [-0.4, -0.2) is 27.5 Å². The lowest BCUT2D eigenvalue weighted by Crippen LogP contribution is -2.38. The van der Waals surface area contributed by atoms with E-state index in [1.807, 2.05) is 39.8 Å². The molecule has 3 aromatic rings. The van der Waals surface area contributed by atoms with Crippen molar-refractivity contribution in [3.8, 4) is 5.75 Å². The zero-order valence-electron chi connectivity index (χ0n) is 18.8. The Morgan fingerprint density at radius 2 is 1.53 bits per heavy atom. The molecule has 7 heteroatoms. The van der Waals surface area contributed by atoms with Crippen LogP contribution in [-0.2, 0) is 14.8 Å². The van der Waals surface area contributed by atoms with Crippen LogP contribution in [0.25, 0.3) is 0 Å². The smallest absolute Gasteiger partial charge is 0.264 e. The van der Waals surface area contributed by atoms with Gasteiger partial charge in [-0.2, -0.15) is 0 Å². The van der Waals surface area contributed by atoms with Gasteiger partial charge in [0.2, 0.25) is 5.91 Å². The summed E-state index contributed by atoms with van der Waals surface area (Å²) in [5.41, 5.74) is 3.66. The summed E-state index contributed by atoms with van der Waals surface area (Å²) in [5.74, 6) is 0.259. The topological polar surface area (TPSA) is 75.7 Å². The van der Waals surface area contributed by atoms with Crippen LogP contribution in [0.15, 0.2) is 71.6 Å². The molecule has 168 valence electrons. The van der Waals surface area contributed by atoms with Crippen LogP contribution in [0.5, 0.6) is 5.75 Å². The molecule has 32 heavy (non-hydrogen) atoms. The molecule has 0 bridgehead atoms. The largest absolute Gasteiger partial charge is 0.494 e. The third-order valence-corrected chi connectivity index (χ3v) is 6.75.